The van der Waals surface area contributed by atoms with E-state index in [9.17, 15) is 9.18 Å². The van der Waals surface area contributed by atoms with Crippen molar-refractivity contribution in [3.05, 3.63) is 71.0 Å². The molecule has 0 aromatic heterocycles. The average Bonchev–Trinajstić information content (AvgIpc) is 2.40. The molecule has 2 aromatic carbocycles. The Balaban J connectivity index is 0.000000771. The van der Waals surface area contributed by atoms with Crippen LogP contribution in [0.15, 0.2) is 48.5 Å². The number of halogens is 1. The molecule has 0 radical (unpaired) electrons. The number of rotatable bonds is 2. The van der Waals surface area contributed by atoms with E-state index in [1.807, 2.05) is 32.9 Å². The number of benzene rings is 2. The third kappa shape index (κ3) is 3.52. The molecule has 2 heteroatoms. The molecule has 0 aliphatic heterocycles. The summed E-state index contributed by atoms with van der Waals surface area (Å²) in [5, 5.41) is 0. The highest BCUT2D eigenvalue weighted by atomic mass is 19.1. The molecular weight excluding hydrogens is 227 g/mol. The zero-order valence-corrected chi connectivity index (χ0v) is 10.9. The zero-order chi connectivity index (χ0) is 13.5. The molecule has 0 saturated carbocycles. The van der Waals surface area contributed by atoms with Crippen molar-refractivity contribution < 1.29 is 9.18 Å². The average molecular weight is 244 g/mol. The van der Waals surface area contributed by atoms with Crippen molar-refractivity contribution in [2.75, 3.05) is 0 Å². The molecule has 2 rings (SSSR count). The van der Waals surface area contributed by atoms with Crippen molar-refractivity contribution >= 4 is 5.78 Å². The number of aryl methyl sites for hydroxylation is 1. The van der Waals surface area contributed by atoms with Crippen molar-refractivity contribution in [2.24, 2.45) is 0 Å². The number of ketones is 1. The van der Waals surface area contributed by atoms with Gasteiger partial charge in [-0.1, -0.05) is 49.7 Å². The first-order valence-electron chi connectivity index (χ1n) is 6.04. The van der Waals surface area contributed by atoms with Crippen LogP contribution in [-0.2, 0) is 0 Å². The van der Waals surface area contributed by atoms with Crippen molar-refractivity contribution in [3.63, 3.8) is 0 Å². The third-order valence-corrected chi connectivity index (χ3v) is 2.37. The molecule has 0 atom stereocenters. The Morgan fingerprint density at radius 2 is 1.50 bits per heavy atom. The molecule has 0 fully saturated rings. The molecule has 0 N–H and O–H groups in total. The smallest absolute Gasteiger partial charge is 0.193 e. The summed E-state index contributed by atoms with van der Waals surface area (Å²) >= 11 is 0. The summed E-state index contributed by atoms with van der Waals surface area (Å²) in [7, 11) is 0. The van der Waals surface area contributed by atoms with Crippen LogP contribution >= 0.6 is 0 Å². The third-order valence-electron chi connectivity index (χ3n) is 2.37. The van der Waals surface area contributed by atoms with Crippen molar-refractivity contribution in [1.82, 2.24) is 0 Å². The van der Waals surface area contributed by atoms with Gasteiger partial charge in [0.25, 0.3) is 0 Å². The molecule has 0 saturated heterocycles. The normalized spacial score (nSPS) is 9.33. The fourth-order valence-corrected chi connectivity index (χ4v) is 1.58. The summed E-state index contributed by atoms with van der Waals surface area (Å²) in [5.74, 6) is -0.540. The maximum Gasteiger partial charge on any atom is 0.193 e. The molecule has 0 bridgehead atoms. The van der Waals surface area contributed by atoms with Crippen molar-refractivity contribution in [2.45, 2.75) is 20.8 Å². The maximum absolute atomic E-state index is 13.0. The van der Waals surface area contributed by atoms with Gasteiger partial charge in [0.2, 0.25) is 0 Å². The second kappa shape index (κ2) is 6.70. The van der Waals surface area contributed by atoms with E-state index in [0.29, 0.717) is 11.1 Å². The molecular formula is C16H17FO. The van der Waals surface area contributed by atoms with Gasteiger partial charge in [0.05, 0.1) is 0 Å². The molecule has 2 aromatic rings. The van der Waals surface area contributed by atoms with Gasteiger partial charge in [-0.15, -0.1) is 0 Å². The van der Waals surface area contributed by atoms with Gasteiger partial charge in [0.15, 0.2) is 5.78 Å². The highest BCUT2D eigenvalue weighted by Gasteiger charge is 2.09. The zero-order valence-electron chi connectivity index (χ0n) is 10.9. The van der Waals surface area contributed by atoms with Gasteiger partial charge in [-0.2, -0.15) is 0 Å². The number of hydrogen-bond acceptors (Lipinski definition) is 1. The Hall–Kier alpha value is -1.96. The molecule has 94 valence electrons. The van der Waals surface area contributed by atoms with Crippen LogP contribution in [0.5, 0.6) is 0 Å². The standard InChI is InChI=1S/C14H11FO.C2H6/c1-10-4-2-5-11(8-10)14(16)12-6-3-7-13(15)9-12;1-2/h2-9H,1H3;1-2H3. The summed E-state index contributed by atoms with van der Waals surface area (Å²) in [4.78, 5) is 12.0. The minimum absolute atomic E-state index is 0.150. The summed E-state index contributed by atoms with van der Waals surface area (Å²) < 4.78 is 13.0. The van der Waals surface area contributed by atoms with Crippen molar-refractivity contribution in [3.8, 4) is 0 Å². The van der Waals surface area contributed by atoms with E-state index < -0.39 is 5.82 Å². The van der Waals surface area contributed by atoms with Crippen LogP contribution in [0.2, 0.25) is 0 Å². The highest BCUT2D eigenvalue weighted by Crippen LogP contribution is 2.12. The monoisotopic (exact) mass is 244 g/mol. The first kappa shape index (κ1) is 14.1. The molecule has 0 heterocycles. The topological polar surface area (TPSA) is 17.1 Å². The van der Waals surface area contributed by atoms with Crippen LogP contribution in [0.25, 0.3) is 0 Å². The van der Waals surface area contributed by atoms with E-state index in [4.69, 9.17) is 0 Å². The van der Waals surface area contributed by atoms with Gasteiger partial charge in [-0.25, -0.2) is 4.39 Å². The van der Waals surface area contributed by atoms with E-state index in [1.54, 1.807) is 24.3 Å². The Morgan fingerprint density at radius 3 is 2.06 bits per heavy atom. The fourth-order valence-electron chi connectivity index (χ4n) is 1.58. The Kier molecular flexibility index (Phi) is 5.25. The molecule has 1 nitrogen and oxygen atoms in total. The molecule has 0 amide bonds. The van der Waals surface area contributed by atoms with Gasteiger partial charge >= 0.3 is 0 Å². The Morgan fingerprint density at radius 1 is 0.944 bits per heavy atom. The van der Waals surface area contributed by atoms with Crippen LogP contribution < -0.4 is 0 Å². The molecule has 0 spiro atoms. The summed E-state index contributed by atoms with van der Waals surface area (Å²) in [6.45, 7) is 5.92. The Bertz CT molecular complexity index is 485. The number of hydrogen-bond donors (Lipinski definition) is 0. The minimum atomic E-state index is -0.390. The van der Waals surface area contributed by atoms with E-state index >= 15 is 0 Å². The largest absolute Gasteiger partial charge is 0.289 e. The lowest BCUT2D eigenvalue weighted by molar-refractivity contribution is 0.103. The van der Waals surface area contributed by atoms with Crippen LogP contribution in [0.4, 0.5) is 4.39 Å². The lowest BCUT2D eigenvalue weighted by Gasteiger charge is -2.02. The number of carbonyl (C=O) groups is 1. The quantitative estimate of drug-likeness (QED) is 0.716. The summed E-state index contributed by atoms with van der Waals surface area (Å²) in [6.07, 6.45) is 0. The lowest BCUT2D eigenvalue weighted by atomic mass is 10.0. The van der Waals surface area contributed by atoms with E-state index in [2.05, 4.69) is 0 Å². The van der Waals surface area contributed by atoms with E-state index in [0.717, 1.165) is 5.56 Å². The molecule has 0 aliphatic carbocycles. The SMILES string of the molecule is CC.Cc1cccc(C(=O)c2cccc(F)c2)c1. The Labute approximate surface area is 107 Å². The molecule has 0 unspecified atom stereocenters. The van der Waals surface area contributed by atoms with E-state index in [1.165, 1.54) is 12.1 Å². The predicted molar refractivity (Wildman–Crippen MR) is 72.4 cm³/mol. The van der Waals surface area contributed by atoms with Crippen molar-refractivity contribution in [1.29, 1.82) is 0 Å². The fraction of sp³-hybridized carbons (Fsp3) is 0.188. The van der Waals surface area contributed by atoms with Gasteiger partial charge in [-0.3, -0.25) is 4.79 Å². The summed E-state index contributed by atoms with van der Waals surface area (Å²) in [6, 6.07) is 13.0. The lowest BCUT2D eigenvalue weighted by Crippen LogP contribution is -2.01. The second-order valence-corrected chi connectivity index (χ2v) is 3.71. The summed E-state index contributed by atoms with van der Waals surface area (Å²) in [5.41, 5.74) is 1.98. The van der Waals surface area contributed by atoms with Gasteiger partial charge in [0.1, 0.15) is 5.82 Å². The predicted octanol–water partition coefficient (Wildman–Crippen LogP) is 4.39. The molecule has 18 heavy (non-hydrogen) atoms. The van der Waals surface area contributed by atoms with Gasteiger partial charge in [0, 0.05) is 11.1 Å². The first-order chi connectivity index (χ1) is 8.66. The van der Waals surface area contributed by atoms with Crippen LogP contribution in [-0.4, -0.2) is 5.78 Å². The number of carbonyl (C=O) groups excluding carboxylic acids is 1. The maximum atomic E-state index is 13.0. The molecule has 0 aliphatic rings. The van der Waals surface area contributed by atoms with Gasteiger partial charge < -0.3 is 0 Å². The first-order valence-corrected chi connectivity index (χ1v) is 6.04. The van der Waals surface area contributed by atoms with Crippen LogP contribution in [0.3, 0.4) is 0 Å². The van der Waals surface area contributed by atoms with Gasteiger partial charge in [-0.05, 0) is 25.1 Å². The van der Waals surface area contributed by atoms with Crippen LogP contribution in [0, 0.1) is 12.7 Å². The van der Waals surface area contributed by atoms with Crippen LogP contribution in [0.1, 0.15) is 35.3 Å². The van der Waals surface area contributed by atoms with E-state index in [-0.39, 0.29) is 5.78 Å². The minimum Gasteiger partial charge on any atom is -0.289 e. The highest BCUT2D eigenvalue weighted by molar-refractivity contribution is 6.09. The second-order valence-electron chi connectivity index (χ2n) is 3.71.